The van der Waals surface area contributed by atoms with Crippen molar-refractivity contribution in [1.82, 2.24) is 4.98 Å². The van der Waals surface area contributed by atoms with Gasteiger partial charge in [-0.25, -0.2) is 0 Å². The molecule has 2 nitrogen and oxygen atoms in total. The predicted octanol–water partition coefficient (Wildman–Crippen LogP) is 2.73. The van der Waals surface area contributed by atoms with Crippen LogP contribution in [-0.2, 0) is 6.42 Å². The highest BCUT2D eigenvalue weighted by Crippen LogP contribution is 2.23. The summed E-state index contributed by atoms with van der Waals surface area (Å²) in [5.41, 5.74) is 2.81. The number of benzene rings is 1. The third-order valence-electron chi connectivity index (χ3n) is 2.70. The smallest absolute Gasteiger partial charge is 0.121 e. The molecule has 0 saturated heterocycles. The highest BCUT2D eigenvalue weighted by molar-refractivity contribution is 5.33. The Bertz CT molecular complexity index is 453. The summed E-state index contributed by atoms with van der Waals surface area (Å²) in [6.07, 6.45) is 1.99. The lowest BCUT2D eigenvalue weighted by Crippen LogP contribution is -2.04. The van der Waals surface area contributed by atoms with Crippen molar-refractivity contribution in [3.05, 3.63) is 65.5 Å². The van der Waals surface area contributed by atoms with E-state index in [4.69, 9.17) is 0 Å². The first-order chi connectivity index (χ1) is 7.83. The molecule has 82 valence electrons. The molecule has 0 bridgehead atoms. The second-order valence-electron chi connectivity index (χ2n) is 3.71. The van der Waals surface area contributed by atoms with Gasteiger partial charge in [-0.3, -0.25) is 4.98 Å². The Morgan fingerprint density at radius 1 is 1.12 bits per heavy atom. The number of hydrogen-bond acceptors (Lipinski definition) is 2. The highest BCUT2D eigenvalue weighted by Gasteiger charge is 2.13. The summed E-state index contributed by atoms with van der Waals surface area (Å²) in [6.45, 7) is 2.09. The number of rotatable bonds is 3. The lowest BCUT2D eigenvalue weighted by Gasteiger charge is -2.14. The topological polar surface area (TPSA) is 33.1 Å². The quantitative estimate of drug-likeness (QED) is 0.850. The molecule has 0 spiro atoms. The van der Waals surface area contributed by atoms with Gasteiger partial charge in [-0.05, 0) is 29.7 Å². The van der Waals surface area contributed by atoms with E-state index >= 15 is 0 Å². The van der Waals surface area contributed by atoms with Crippen LogP contribution in [0.5, 0.6) is 0 Å². The first-order valence-electron chi connectivity index (χ1n) is 5.49. The zero-order valence-corrected chi connectivity index (χ0v) is 9.30. The minimum atomic E-state index is -0.627. The molecule has 0 aliphatic heterocycles. The monoisotopic (exact) mass is 213 g/mol. The average molecular weight is 213 g/mol. The summed E-state index contributed by atoms with van der Waals surface area (Å²) in [7, 11) is 0. The Kier molecular flexibility index (Phi) is 3.32. The van der Waals surface area contributed by atoms with E-state index in [0.29, 0.717) is 5.69 Å². The Morgan fingerprint density at radius 2 is 1.88 bits per heavy atom. The summed E-state index contributed by atoms with van der Waals surface area (Å²) in [5, 5.41) is 10.2. The molecule has 1 aromatic carbocycles. The number of aryl methyl sites for hydroxylation is 1. The molecule has 2 rings (SSSR count). The fraction of sp³-hybridized carbons (Fsp3) is 0.214. The van der Waals surface area contributed by atoms with Crippen LogP contribution in [0.1, 0.15) is 29.8 Å². The lowest BCUT2D eigenvalue weighted by molar-refractivity contribution is 0.214. The summed E-state index contributed by atoms with van der Waals surface area (Å²) >= 11 is 0. The molecule has 2 aromatic rings. The van der Waals surface area contributed by atoms with Crippen molar-refractivity contribution in [3.63, 3.8) is 0 Å². The van der Waals surface area contributed by atoms with Crippen molar-refractivity contribution in [2.45, 2.75) is 19.4 Å². The normalized spacial score (nSPS) is 12.4. The first kappa shape index (κ1) is 10.8. The fourth-order valence-electron chi connectivity index (χ4n) is 1.82. The van der Waals surface area contributed by atoms with Crippen LogP contribution in [-0.4, -0.2) is 10.1 Å². The van der Waals surface area contributed by atoms with E-state index in [1.54, 1.807) is 6.20 Å². The van der Waals surface area contributed by atoms with Gasteiger partial charge in [-0.1, -0.05) is 37.3 Å². The molecule has 1 atom stereocenters. The van der Waals surface area contributed by atoms with Crippen LogP contribution in [0.3, 0.4) is 0 Å². The summed E-state index contributed by atoms with van der Waals surface area (Å²) in [4.78, 5) is 4.18. The second kappa shape index (κ2) is 4.90. The van der Waals surface area contributed by atoms with Gasteiger partial charge < -0.3 is 5.11 Å². The van der Waals surface area contributed by atoms with Crippen LogP contribution in [0, 0.1) is 0 Å². The molecular weight excluding hydrogens is 198 g/mol. The van der Waals surface area contributed by atoms with Gasteiger partial charge in [0.15, 0.2) is 0 Å². The van der Waals surface area contributed by atoms with Crippen LogP contribution in [0.25, 0.3) is 0 Å². The van der Waals surface area contributed by atoms with Gasteiger partial charge in [0.05, 0.1) is 5.69 Å². The van der Waals surface area contributed by atoms with Crippen LogP contribution in [0.15, 0.2) is 48.7 Å². The number of aliphatic hydroxyl groups is 1. The molecule has 1 N–H and O–H groups in total. The van der Waals surface area contributed by atoms with Crippen molar-refractivity contribution >= 4 is 0 Å². The summed E-state index contributed by atoms with van der Waals surface area (Å²) < 4.78 is 0. The van der Waals surface area contributed by atoms with Crippen molar-refractivity contribution in [3.8, 4) is 0 Å². The minimum absolute atomic E-state index is 0.627. The number of nitrogens with zero attached hydrogens (tertiary/aromatic N) is 1. The second-order valence-corrected chi connectivity index (χ2v) is 3.71. The molecule has 0 saturated carbocycles. The molecule has 0 aliphatic carbocycles. The lowest BCUT2D eigenvalue weighted by atomic mass is 9.98. The molecule has 0 fully saturated rings. The van der Waals surface area contributed by atoms with Crippen molar-refractivity contribution in [1.29, 1.82) is 0 Å². The third kappa shape index (κ3) is 2.12. The van der Waals surface area contributed by atoms with Gasteiger partial charge in [0, 0.05) is 6.20 Å². The molecule has 1 heterocycles. The van der Waals surface area contributed by atoms with Gasteiger partial charge in [0.1, 0.15) is 6.10 Å². The Balaban J connectivity index is 2.37. The van der Waals surface area contributed by atoms with E-state index in [1.807, 2.05) is 42.5 Å². The largest absolute Gasteiger partial charge is 0.382 e. The van der Waals surface area contributed by atoms with Crippen molar-refractivity contribution in [2.75, 3.05) is 0 Å². The van der Waals surface area contributed by atoms with Gasteiger partial charge in [0.2, 0.25) is 0 Å². The van der Waals surface area contributed by atoms with Crippen molar-refractivity contribution in [2.24, 2.45) is 0 Å². The maximum atomic E-state index is 10.2. The Hall–Kier alpha value is -1.67. The van der Waals surface area contributed by atoms with Gasteiger partial charge in [-0.15, -0.1) is 0 Å². The van der Waals surface area contributed by atoms with Crippen LogP contribution >= 0.6 is 0 Å². The number of aromatic nitrogens is 1. The summed E-state index contributed by atoms with van der Waals surface area (Å²) in [5.74, 6) is 0. The Morgan fingerprint density at radius 3 is 2.56 bits per heavy atom. The van der Waals surface area contributed by atoms with Crippen LogP contribution in [0.2, 0.25) is 0 Å². The molecule has 1 unspecified atom stereocenters. The molecule has 0 aliphatic rings. The zero-order chi connectivity index (χ0) is 11.4. The molecule has 0 amide bonds. The van der Waals surface area contributed by atoms with E-state index in [-0.39, 0.29) is 0 Å². The van der Waals surface area contributed by atoms with Crippen molar-refractivity contribution < 1.29 is 5.11 Å². The maximum Gasteiger partial charge on any atom is 0.121 e. The van der Waals surface area contributed by atoms with E-state index in [2.05, 4.69) is 11.9 Å². The average Bonchev–Trinajstić information content (AvgIpc) is 2.39. The fourth-order valence-corrected chi connectivity index (χ4v) is 1.82. The molecule has 16 heavy (non-hydrogen) atoms. The van der Waals surface area contributed by atoms with Crippen LogP contribution in [0.4, 0.5) is 0 Å². The zero-order valence-electron chi connectivity index (χ0n) is 9.30. The number of pyridine rings is 1. The van der Waals surface area contributed by atoms with Crippen LogP contribution < -0.4 is 0 Å². The SMILES string of the molecule is CCc1ccccc1C(O)c1ccccn1. The van der Waals surface area contributed by atoms with E-state index in [9.17, 15) is 5.11 Å². The van der Waals surface area contributed by atoms with Gasteiger partial charge in [-0.2, -0.15) is 0 Å². The molecule has 2 heteroatoms. The summed E-state index contributed by atoms with van der Waals surface area (Å²) in [6, 6.07) is 13.5. The number of aliphatic hydroxyl groups excluding tert-OH is 1. The minimum Gasteiger partial charge on any atom is -0.382 e. The van der Waals surface area contributed by atoms with E-state index in [1.165, 1.54) is 5.56 Å². The molecule has 0 radical (unpaired) electrons. The van der Waals surface area contributed by atoms with Gasteiger partial charge in [0.25, 0.3) is 0 Å². The standard InChI is InChI=1S/C14H15NO/c1-2-11-7-3-4-8-12(11)14(16)13-9-5-6-10-15-13/h3-10,14,16H,2H2,1H3. The third-order valence-corrected chi connectivity index (χ3v) is 2.70. The first-order valence-corrected chi connectivity index (χ1v) is 5.49. The van der Waals surface area contributed by atoms with E-state index in [0.717, 1.165) is 12.0 Å². The van der Waals surface area contributed by atoms with Gasteiger partial charge >= 0.3 is 0 Å². The van der Waals surface area contributed by atoms with E-state index < -0.39 is 6.10 Å². The highest BCUT2D eigenvalue weighted by atomic mass is 16.3. The Labute approximate surface area is 95.6 Å². The number of hydrogen-bond donors (Lipinski definition) is 1. The predicted molar refractivity (Wildman–Crippen MR) is 64.1 cm³/mol. The molecular formula is C14H15NO. The molecule has 1 aromatic heterocycles. The maximum absolute atomic E-state index is 10.2.